The molecule has 3 aromatic carbocycles. The summed E-state index contributed by atoms with van der Waals surface area (Å²) in [6, 6.07) is 15.1. The molecule has 6 rings (SSSR count). The number of carbonyl (C=O) groups is 3. The van der Waals surface area contributed by atoms with E-state index in [1.807, 2.05) is 0 Å². The molecule has 6 aromatic rings. The van der Waals surface area contributed by atoms with Gasteiger partial charge in [-0.1, -0.05) is 58.4 Å². The number of hydrogen-bond donors (Lipinski definition) is 2. The van der Waals surface area contributed by atoms with Gasteiger partial charge in [-0.25, -0.2) is 14.4 Å². The maximum atomic E-state index is 12.6. The van der Waals surface area contributed by atoms with Crippen molar-refractivity contribution in [2.75, 3.05) is 13.2 Å². The molecule has 62 heavy (non-hydrogen) atoms. The number of H-pyrrole nitrogens is 1. The van der Waals surface area contributed by atoms with Gasteiger partial charge < -0.3 is 14.6 Å². The number of nitrogens with zero attached hydrogens (tertiary/aromatic N) is 5. The van der Waals surface area contributed by atoms with Crippen molar-refractivity contribution in [2.45, 2.75) is 50.8 Å². The van der Waals surface area contributed by atoms with E-state index in [0.717, 1.165) is 42.6 Å². The van der Waals surface area contributed by atoms with Gasteiger partial charge in [0.15, 0.2) is 0 Å². The molecule has 3 heterocycles. The Balaban J connectivity index is 0.000000229. The third kappa shape index (κ3) is 16.5. The Kier molecular flexibility index (Phi) is 18.5. The van der Waals surface area contributed by atoms with Gasteiger partial charge in [-0.05, 0) is 60.9 Å². The van der Waals surface area contributed by atoms with Crippen LogP contribution in [0.5, 0.6) is 0 Å². The molecule has 0 unspecified atom stereocenters. The number of ether oxygens (including phenoxy) is 2. The molecule has 0 bridgehead atoms. The van der Waals surface area contributed by atoms with Crippen LogP contribution < -0.4 is 0 Å². The normalized spacial score (nSPS) is 11.2. The van der Waals surface area contributed by atoms with Gasteiger partial charge in [0.25, 0.3) is 0 Å². The number of rotatable bonds is 10. The Hall–Kier alpha value is -6.45. The molecular formula is C40H36BrF9N6O6. The fourth-order valence-corrected chi connectivity index (χ4v) is 5.15. The molecule has 0 fully saturated rings. The number of halogens is 10. The first-order valence-corrected chi connectivity index (χ1v) is 18.9. The molecule has 12 nitrogen and oxygen atoms in total. The van der Waals surface area contributed by atoms with Gasteiger partial charge in [-0.2, -0.15) is 54.8 Å². The van der Waals surface area contributed by atoms with E-state index >= 15 is 0 Å². The van der Waals surface area contributed by atoms with Crippen LogP contribution in [0.15, 0.2) is 110 Å². The van der Waals surface area contributed by atoms with Crippen molar-refractivity contribution >= 4 is 33.8 Å². The number of carbonyl (C=O) groups excluding carboxylic acids is 2. The van der Waals surface area contributed by atoms with Crippen LogP contribution in [0, 0.1) is 0 Å². The maximum absolute atomic E-state index is 12.6. The first-order valence-electron chi connectivity index (χ1n) is 17.8. The van der Waals surface area contributed by atoms with Crippen LogP contribution in [0.25, 0.3) is 0 Å². The second-order valence-corrected chi connectivity index (χ2v) is 12.9. The molecular weight excluding hydrogens is 911 g/mol. The zero-order valence-electron chi connectivity index (χ0n) is 32.4. The monoisotopic (exact) mass is 946 g/mol. The largest absolute Gasteiger partial charge is 0.478 e. The third-order valence-corrected chi connectivity index (χ3v) is 8.29. The Labute approximate surface area is 355 Å². The van der Waals surface area contributed by atoms with Crippen LogP contribution in [-0.4, -0.2) is 66.0 Å². The molecule has 22 heteroatoms. The average Bonchev–Trinajstić information content (AvgIpc) is 4.02. The van der Waals surface area contributed by atoms with Crippen molar-refractivity contribution in [1.82, 2.24) is 29.8 Å². The molecule has 0 saturated heterocycles. The quantitative estimate of drug-likeness (QED) is 0.0776. The summed E-state index contributed by atoms with van der Waals surface area (Å²) in [5.74, 6) is -1.97. The van der Waals surface area contributed by atoms with Crippen molar-refractivity contribution in [3.05, 3.63) is 160 Å². The van der Waals surface area contributed by atoms with Crippen LogP contribution in [0.4, 0.5) is 39.5 Å². The van der Waals surface area contributed by atoms with E-state index in [1.165, 1.54) is 64.6 Å². The molecule has 0 aliphatic heterocycles. The van der Waals surface area contributed by atoms with Gasteiger partial charge in [-0.15, -0.1) is 0 Å². The van der Waals surface area contributed by atoms with Crippen LogP contribution in [0.3, 0.4) is 0 Å². The van der Waals surface area contributed by atoms with E-state index in [-0.39, 0.29) is 36.8 Å². The van der Waals surface area contributed by atoms with Gasteiger partial charge in [0.05, 0.1) is 78.3 Å². The van der Waals surface area contributed by atoms with E-state index < -0.39 is 47.2 Å². The molecule has 0 amide bonds. The predicted molar refractivity (Wildman–Crippen MR) is 207 cm³/mol. The number of aromatic amines is 1. The van der Waals surface area contributed by atoms with Crippen LogP contribution in [0.2, 0.25) is 0 Å². The lowest BCUT2D eigenvalue weighted by molar-refractivity contribution is -0.138. The fourth-order valence-electron chi connectivity index (χ4n) is 4.80. The molecule has 0 atom stereocenters. The fraction of sp³-hybridized carbons (Fsp3) is 0.250. The van der Waals surface area contributed by atoms with Crippen molar-refractivity contribution in [3.63, 3.8) is 0 Å². The van der Waals surface area contributed by atoms with E-state index in [1.54, 1.807) is 26.0 Å². The number of alkyl halides is 10. The van der Waals surface area contributed by atoms with Gasteiger partial charge in [-0.3, -0.25) is 14.5 Å². The lowest BCUT2D eigenvalue weighted by Gasteiger charge is -2.08. The highest BCUT2D eigenvalue weighted by Gasteiger charge is 2.32. The number of esters is 2. The lowest BCUT2D eigenvalue weighted by atomic mass is 10.1. The highest BCUT2D eigenvalue weighted by molar-refractivity contribution is 9.08. The van der Waals surface area contributed by atoms with Gasteiger partial charge in [0.2, 0.25) is 0 Å². The number of benzene rings is 3. The third-order valence-electron chi connectivity index (χ3n) is 7.64. The molecule has 0 spiro atoms. The molecule has 2 N–H and O–H groups in total. The smallest absolute Gasteiger partial charge is 0.416 e. The molecule has 3 aromatic heterocycles. The second-order valence-electron chi connectivity index (χ2n) is 12.3. The number of aromatic nitrogens is 6. The molecule has 0 saturated carbocycles. The number of hydrogen-bond acceptors (Lipinski definition) is 8. The van der Waals surface area contributed by atoms with Gasteiger partial charge in [0.1, 0.15) is 0 Å². The number of carboxylic acids is 1. The second kappa shape index (κ2) is 23.0. The predicted octanol–water partition coefficient (Wildman–Crippen LogP) is 9.96. The number of carboxylic acid groups (broad SMARTS) is 1. The number of aromatic carboxylic acids is 1. The summed E-state index contributed by atoms with van der Waals surface area (Å²) < 4.78 is 124. The molecule has 0 aliphatic carbocycles. The minimum Gasteiger partial charge on any atom is -0.478 e. The average molecular weight is 948 g/mol. The first kappa shape index (κ1) is 49.9. The summed E-state index contributed by atoms with van der Waals surface area (Å²) in [5, 5.41) is 23.0. The molecule has 0 radical (unpaired) electrons. The Bertz CT molecular complexity index is 2340. The highest BCUT2D eigenvalue weighted by atomic mass is 79.9. The molecule has 332 valence electrons. The summed E-state index contributed by atoms with van der Waals surface area (Å²) in [6.45, 7) is 4.31. The summed E-state index contributed by atoms with van der Waals surface area (Å²) in [4.78, 5) is 32.9. The molecule has 0 aliphatic rings. The Morgan fingerprint density at radius 1 is 0.629 bits per heavy atom. The van der Waals surface area contributed by atoms with Crippen LogP contribution >= 0.6 is 15.9 Å². The zero-order chi connectivity index (χ0) is 46.1. The summed E-state index contributed by atoms with van der Waals surface area (Å²) in [6.07, 6.45) is -4.90. The van der Waals surface area contributed by atoms with E-state index in [0.29, 0.717) is 34.2 Å². The zero-order valence-corrected chi connectivity index (χ0v) is 34.0. The summed E-state index contributed by atoms with van der Waals surface area (Å²) >= 11 is 3.09. The van der Waals surface area contributed by atoms with Crippen LogP contribution in [-0.2, 0) is 46.4 Å². The summed E-state index contributed by atoms with van der Waals surface area (Å²) in [7, 11) is 0. The Morgan fingerprint density at radius 2 is 1.03 bits per heavy atom. The van der Waals surface area contributed by atoms with E-state index in [4.69, 9.17) is 9.84 Å². The van der Waals surface area contributed by atoms with Crippen molar-refractivity contribution in [2.24, 2.45) is 0 Å². The van der Waals surface area contributed by atoms with E-state index in [2.05, 4.69) is 41.1 Å². The van der Waals surface area contributed by atoms with E-state index in [9.17, 15) is 53.9 Å². The SMILES string of the molecule is CCOC(=O)c1cn[nH]c1.CCOC(=O)c1cnn(Cc2cccc(C(F)(F)F)c2)c1.FC(F)(F)c1cccc(CBr)c1.O=C(O)c1cnn(Cc2cccc(C(F)(F)F)c2)c1. The van der Waals surface area contributed by atoms with Crippen molar-refractivity contribution in [1.29, 1.82) is 0 Å². The number of nitrogens with one attached hydrogen (secondary N) is 1. The van der Waals surface area contributed by atoms with Crippen LogP contribution in [0.1, 0.15) is 78.3 Å². The summed E-state index contributed by atoms with van der Waals surface area (Å²) in [5.41, 5.74) is 0.147. The lowest BCUT2D eigenvalue weighted by Crippen LogP contribution is -2.07. The minimum absolute atomic E-state index is 0.00743. The maximum Gasteiger partial charge on any atom is 0.416 e. The van der Waals surface area contributed by atoms with Crippen molar-refractivity contribution < 1.29 is 68.5 Å². The Morgan fingerprint density at radius 3 is 1.40 bits per heavy atom. The van der Waals surface area contributed by atoms with Gasteiger partial charge in [0, 0.05) is 23.9 Å². The standard InChI is InChI=1S/C14H13F3N2O2.C12H9F3N2O2.C8H6BrF3.C6H8N2O2/c1-2-21-13(20)11-7-18-19(9-11)8-10-4-3-5-12(6-10)14(15,16)17;13-12(14,15)10-3-1-2-8(4-10)6-17-7-9(5-16-17)11(18)19;9-5-6-2-1-3-7(4-6)8(10,11)12;1-2-10-6(9)5-3-7-8-4-5/h3-7,9H,2,8H2,1H3;1-5,7H,6H2,(H,18,19);1-4H,5H2;3-4H,2H2,1H3,(H,7,8). The first-order chi connectivity index (χ1) is 29.1. The van der Waals surface area contributed by atoms with Gasteiger partial charge >= 0.3 is 36.4 Å². The minimum atomic E-state index is -4.40. The topological polar surface area (TPSA) is 154 Å². The van der Waals surface area contributed by atoms with Crippen molar-refractivity contribution in [3.8, 4) is 0 Å². The highest BCUT2D eigenvalue weighted by Crippen LogP contribution is 2.31.